The zero-order valence-corrected chi connectivity index (χ0v) is 5.95. The Morgan fingerprint density at radius 3 is 2.90 bits per heavy atom. The Hall–Kier alpha value is -0.440. The molecule has 0 aromatic carbocycles. The molecule has 1 nitrogen and oxygen atoms in total. The van der Waals surface area contributed by atoms with Gasteiger partial charge in [-0.3, -0.25) is 0 Å². The van der Waals surface area contributed by atoms with Crippen molar-refractivity contribution < 1.29 is 10.2 Å². The zero-order valence-electron chi connectivity index (χ0n) is 5.95. The van der Waals surface area contributed by atoms with Crippen LogP contribution in [0.25, 0.3) is 0 Å². The van der Waals surface area contributed by atoms with Gasteiger partial charge in [0, 0.05) is 7.97 Å². The number of hydrogen-bond donors (Lipinski definition) is 1. The first-order valence-electron chi connectivity index (χ1n) is 3.45. The molecule has 1 aliphatic rings. The number of rotatable bonds is 1. The van der Waals surface area contributed by atoms with Gasteiger partial charge in [-0.05, 0) is 12.0 Å². The molecule has 0 amide bonds. The molecule has 0 atom stereocenters. The molecular weight excluding hydrogens is 136 g/mol. The van der Waals surface area contributed by atoms with Gasteiger partial charge >= 0.3 is 0 Å². The highest BCUT2D eigenvalue weighted by Crippen LogP contribution is 2.27. The standard InChI is InChI=1S/C7H11F2N.H2/c1-2-6-3-4-10-5-7(6,8)9;/h3,10H,2,4-5H2,1H3;1H. The minimum Gasteiger partial charge on any atom is -0.307 e. The average molecular weight is 149 g/mol. The van der Waals surface area contributed by atoms with Crippen LogP contribution in [0.1, 0.15) is 14.8 Å². The summed E-state index contributed by atoms with van der Waals surface area (Å²) in [6.07, 6.45) is 2.03. The molecule has 1 aliphatic heterocycles. The van der Waals surface area contributed by atoms with Gasteiger partial charge in [0.05, 0.1) is 6.54 Å². The van der Waals surface area contributed by atoms with E-state index in [0.717, 1.165) is 0 Å². The highest BCUT2D eigenvalue weighted by molar-refractivity contribution is 5.16. The van der Waals surface area contributed by atoms with Crippen molar-refractivity contribution in [3.05, 3.63) is 11.6 Å². The first-order valence-corrected chi connectivity index (χ1v) is 3.45. The molecule has 10 heavy (non-hydrogen) atoms. The Bertz CT molecular complexity index is 157. The van der Waals surface area contributed by atoms with Crippen LogP contribution in [0.2, 0.25) is 0 Å². The van der Waals surface area contributed by atoms with Crippen LogP contribution >= 0.6 is 0 Å². The zero-order chi connectivity index (χ0) is 7.61. The summed E-state index contributed by atoms with van der Waals surface area (Å²) < 4.78 is 25.5. The minimum absolute atomic E-state index is 0. The average Bonchev–Trinajstić information content (AvgIpc) is 1.87. The second-order valence-corrected chi connectivity index (χ2v) is 2.42. The molecule has 3 heteroatoms. The van der Waals surface area contributed by atoms with Crippen LogP contribution in [-0.4, -0.2) is 19.0 Å². The molecule has 0 saturated carbocycles. The van der Waals surface area contributed by atoms with Crippen LogP contribution in [0.5, 0.6) is 0 Å². The molecule has 1 rings (SSSR count). The van der Waals surface area contributed by atoms with E-state index >= 15 is 0 Å². The van der Waals surface area contributed by atoms with E-state index in [1.807, 2.05) is 0 Å². The van der Waals surface area contributed by atoms with E-state index in [1.54, 1.807) is 13.0 Å². The monoisotopic (exact) mass is 149 g/mol. The van der Waals surface area contributed by atoms with Gasteiger partial charge < -0.3 is 5.32 Å². The third kappa shape index (κ3) is 1.34. The normalized spacial score (nSPS) is 24.1. The van der Waals surface area contributed by atoms with Crippen LogP contribution < -0.4 is 5.32 Å². The van der Waals surface area contributed by atoms with Gasteiger partial charge in [0.15, 0.2) is 0 Å². The van der Waals surface area contributed by atoms with E-state index in [1.165, 1.54) is 0 Å². The smallest absolute Gasteiger partial charge is 0.281 e. The Morgan fingerprint density at radius 1 is 1.80 bits per heavy atom. The Morgan fingerprint density at radius 2 is 2.50 bits per heavy atom. The van der Waals surface area contributed by atoms with Gasteiger partial charge in [-0.2, -0.15) is 0 Å². The summed E-state index contributed by atoms with van der Waals surface area (Å²) in [5, 5.41) is 2.61. The first kappa shape index (κ1) is 7.66. The molecule has 0 fully saturated rings. The molecule has 1 N–H and O–H groups in total. The Kier molecular flexibility index (Phi) is 2.04. The van der Waals surface area contributed by atoms with Crippen LogP contribution in [0, 0.1) is 0 Å². The van der Waals surface area contributed by atoms with Gasteiger partial charge in [0.2, 0.25) is 0 Å². The van der Waals surface area contributed by atoms with Crippen molar-refractivity contribution in [2.24, 2.45) is 0 Å². The second kappa shape index (κ2) is 2.66. The molecule has 1 heterocycles. The van der Waals surface area contributed by atoms with Gasteiger partial charge in [-0.1, -0.05) is 13.0 Å². The topological polar surface area (TPSA) is 12.0 Å². The predicted octanol–water partition coefficient (Wildman–Crippen LogP) is 1.81. The largest absolute Gasteiger partial charge is 0.307 e. The van der Waals surface area contributed by atoms with Crippen molar-refractivity contribution in [3.8, 4) is 0 Å². The number of halogens is 2. The number of hydrogen-bond acceptors (Lipinski definition) is 1. The van der Waals surface area contributed by atoms with E-state index in [4.69, 9.17) is 0 Å². The quantitative estimate of drug-likeness (QED) is 0.560. The Balaban J connectivity index is 0.000001000. The van der Waals surface area contributed by atoms with Crippen molar-refractivity contribution in [2.75, 3.05) is 13.1 Å². The van der Waals surface area contributed by atoms with Crippen molar-refractivity contribution in [1.82, 2.24) is 5.32 Å². The highest BCUT2D eigenvalue weighted by Gasteiger charge is 2.33. The molecule has 0 radical (unpaired) electrons. The molecule has 0 aromatic rings. The lowest BCUT2D eigenvalue weighted by Crippen LogP contribution is -2.38. The predicted molar refractivity (Wildman–Crippen MR) is 38.3 cm³/mol. The summed E-state index contributed by atoms with van der Waals surface area (Å²) in [4.78, 5) is 0. The third-order valence-corrected chi connectivity index (χ3v) is 1.69. The molecule has 0 unspecified atom stereocenters. The number of alkyl halides is 2. The maximum absolute atomic E-state index is 12.7. The van der Waals surface area contributed by atoms with Crippen molar-refractivity contribution >= 4 is 0 Å². The lowest BCUT2D eigenvalue weighted by Gasteiger charge is -2.23. The van der Waals surface area contributed by atoms with Crippen LogP contribution in [0.15, 0.2) is 11.6 Å². The van der Waals surface area contributed by atoms with Gasteiger partial charge in [0.25, 0.3) is 5.92 Å². The molecule has 60 valence electrons. The SMILES string of the molecule is CCC1=CCNCC1(F)F.[HH]. The van der Waals surface area contributed by atoms with Crippen molar-refractivity contribution in [1.29, 1.82) is 0 Å². The van der Waals surface area contributed by atoms with Crippen molar-refractivity contribution in [2.45, 2.75) is 19.3 Å². The maximum atomic E-state index is 12.7. The van der Waals surface area contributed by atoms with E-state index in [0.29, 0.717) is 13.0 Å². The molecule has 0 aromatic heterocycles. The minimum atomic E-state index is -2.60. The molecule has 0 aliphatic carbocycles. The van der Waals surface area contributed by atoms with E-state index in [-0.39, 0.29) is 13.5 Å². The maximum Gasteiger partial charge on any atom is 0.281 e. The highest BCUT2D eigenvalue weighted by atomic mass is 19.3. The molecule has 0 saturated heterocycles. The Labute approximate surface area is 60.6 Å². The van der Waals surface area contributed by atoms with Crippen LogP contribution in [-0.2, 0) is 0 Å². The van der Waals surface area contributed by atoms with Gasteiger partial charge in [-0.25, -0.2) is 8.78 Å². The van der Waals surface area contributed by atoms with Crippen molar-refractivity contribution in [3.63, 3.8) is 0 Å². The summed E-state index contributed by atoms with van der Waals surface area (Å²) in [7, 11) is 0. The molecule has 0 bridgehead atoms. The van der Waals surface area contributed by atoms with Gasteiger partial charge in [0.1, 0.15) is 0 Å². The molecular formula is C7H13F2N. The van der Waals surface area contributed by atoms with E-state index in [2.05, 4.69) is 5.32 Å². The summed E-state index contributed by atoms with van der Waals surface area (Å²) in [5.74, 6) is -2.60. The lowest BCUT2D eigenvalue weighted by molar-refractivity contribution is 0.0348. The summed E-state index contributed by atoms with van der Waals surface area (Å²) in [5.41, 5.74) is 0.270. The van der Waals surface area contributed by atoms with E-state index < -0.39 is 5.92 Å². The van der Waals surface area contributed by atoms with Gasteiger partial charge in [-0.15, -0.1) is 0 Å². The fraction of sp³-hybridized carbons (Fsp3) is 0.714. The third-order valence-electron chi connectivity index (χ3n) is 1.69. The second-order valence-electron chi connectivity index (χ2n) is 2.42. The summed E-state index contributed by atoms with van der Waals surface area (Å²) >= 11 is 0. The van der Waals surface area contributed by atoms with E-state index in [9.17, 15) is 8.78 Å². The molecule has 0 spiro atoms. The fourth-order valence-electron chi connectivity index (χ4n) is 1.09. The van der Waals surface area contributed by atoms with Crippen LogP contribution in [0.3, 0.4) is 0 Å². The summed E-state index contributed by atoms with van der Waals surface area (Å²) in [6, 6.07) is 0. The summed E-state index contributed by atoms with van der Waals surface area (Å²) in [6.45, 7) is 2.14. The fourth-order valence-corrected chi connectivity index (χ4v) is 1.09. The van der Waals surface area contributed by atoms with Crippen LogP contribution in [0.4, 0.5) is 8.78 Å². The first-order chi connectivity index (χ1) is 4.67. The lowest BCUT2D eigenvalue weighted by atomic mass is 10.0. The number of nitrogens with one attached hydrogen (secondary N) is 1.